The van der Waals surface area contributed by atoms with Crippen LogP contribution in [0, 0.1) is 0 Å². The van der Waals surface area contributed by atoms with Gasteiger partial charge in [-0.15, -0.1) is 0 Å². The van der Waals surface area contributed by atoms with Gasteiger partial charge < -0.3 is 14.4 Å². The molecule has 0 saturated carbocycles. The van der Waals surface area contributed by atoms with E-state index in [1.807, 2.05) is 30.3 Å². The van der Waals surface area contributed by atoms with Gasteiger partial charge >= 0.3 is 12.1 Å². The SMILES string of the molecule is COc1ccc2c(c1)C(=O)N1CCN(Cc3ccccc3)C(OC(=O)C(F)(F)F)C1C2. The molecule has 2 aromatic carbocycles. The number of halogens is 3. The maximum Gasteiger partial charge on any atom is 0.490 e. The third-order valence-corrected chi connectivity index (χ3v) is 5.64. The van der Waals surface area contributed by atoms with Crippen LogP contribution in [0.2, 0.25) is 0 Å². The summed E-state index contributed by atoms with van der Waals surface area (Å²) in [5.41, 5.74) is 2.01. The van der Waals surface area contributed by atoms with Crippen LogP contribution in [0.4, 0.5) is 13.2 Å². The zero-order chi connectivity index (χ0) is 22.2. The van der Waals surface area contributed by atoms with Gasteiger partial charge in [-0.1, -0.05) is 36.4 Å². The van der Waals surface area contributed by atoms with Gasteiger partial charge in [-0.25, -0.2) is 4.79 Å². The number of carbonyl (C=O) groups is 2. The molecular formula is C22H21F3N2O4. The number of hydrogen-bond acceptors (Lipinski definition) is 5. The fourth-order valence-electron chi connectivity index (χ4n) is 4.15. The molecule has 0 radical (unpaired) electrons. The molecule has 2 atom stereocenters. The molecule has 0 N–H and O–H groups in total. The van der Waals surface area contributed by atoms with E-state index in [1.54, 1.807) is 23.1 Å². The molecule has 1 saturated heterocycles. The number of ether oxygens (including phenoxy) is 2. The van der Waals surface area contributed by atoms with E-state index in [1.165, 1.54) is 12.0 Å². The van der Waals surface area contributed by atoms with Crippen LogP contribution in [0.5, 0.6) is 5.75 Å². The number of piperazine rings is 1. The molecule has 2 aliphatic heterocycles. The third-order valence-electron chi connectivity index (χ3n) is 5.64. The lowest BCUT2D eigenvalue weighted by atomic mass is 9.90. The highest BCUT2D eigenvalue weighted by atomic mass is 19.4. The van der Waals surface area contributed by atoms with Crippen molar-refractivity contribution >= 4 is 11.9 Å². The first-order valence-corrected chi connectivity index (χ1v) is 9.81. The zero-order valence-corrected chi connectivity index (χ0v) is 16.8. The van der Waals surface area contributed by atoms with Gasteiger partial charge in [0.05, 0.1) is 13.2 Å². The van der Waals surface area contributed by atoms with E-state index in [2.05, 4.69) is 0 Å². The average Bonchev–Trinajstić information content (AvgIpc) is 2.75. The minimum Gasteiger partial charge on any atom is -0.497 e. The molecule has 2 aliphatic rings. The van der Waals surface area contributed by atoms with Crippen LogP contribution < -0.4 is 4.74 Å². The predicted molar refractivity (Wildman–Crippen MR) is 104 cm³/mol. The second kappa shape index (κ2) is 8.22. The van der Waals surface area contributed by atoms with Crippen molar-refractivity contribution in [1.29, 1.82) is 0 Å². The smallest absolute Gasteiger partial charge is 0.490 e. The number of hydrogen-bond donors (Lipinski definition) is 0. The fraction of sp³-hybridized carbons (Fsp3) is 0.364. The molecular weight excluding hydrogens is 413 g/mol. The van der Waals surface area contributed by atoms with E-state index in [9.17, 15) is 22.8 Å². The molecule has 4 rings (SSSR count). The van der Waals surface area contributed by atoms with E-state index in [0.717, 1.165) is 5.56 Å². The van der Waals surface area contributed by atoms with Gasteiger partial charge in [0, 0.05) is 25.2 Å². The molecule has 0 spiro atoms. The molecule has 1 fully saturated rings. The first kappa shape index (κ1) is 21.2. The quantitative estimate of drug-likeness (QED) is 0.693. The maximum absolute atomic E-state index is 13.1. The lowest BCUT2D eigenvalue weighted by Gasteiger charge is -2.48. The van der Waals surface area contributed by atoms with Crippen LogP contribution in [-0.4, -0.2) is 60.3 Å². The summed E-state index contributed by atoms with van der Waals surface area (Å²) in [5.74, 6) is -2.05. The normalized spacial score (nSPS) is 21.3. The number of fused-ring (bicyclic) bond motifs is 2. The predicted octanol–water partition coefficient (Wildman–Crippen LogP) is 3.01. The summed E-state index contributed by atoms with van der Waals surface area (Å²) in [7, 11) is 1.49. The van der Waals surface area contributed by atoms with Crippen molar-refractivity contribution in [3.8, 4) is 5.75 Å². The number of benzene rings is 2. The average molecular weight is 434 g/mol. The number of amides is 1. The summed E-state index contributed by atoms with van der Waals surface area (Å²) >= 11 is 0. The molecule has 0 bridgehead atoms. The summed E-state index contributed by atoms with van der Waals surface area (Å²) in [6.07, 6.45) is -6.07. The van der Waals surface area contributed by atoms with Gasteiger partial charge in [0.2, 0.25) is 0 Å². The first-order chi connectivity index (χ1) is 14.8. The molecule has 164 valence electrons. The van der Waals surface area contributed by atoms with Crippen molar-refractivity contribution in [2.75, 3.05) is 20.2 Å². The van der Waals surface area contributed by atoms with Crippen LogP contribution in [0.3, 0.4) is 0 Å². The highest BCUT2D eigenvalue weighted by Crippen LogP contribution is 2.33. The molecule has 0 aliphatic carbocycles. The number of carbonyl (C=O) groups excluding carboxylic acids is 2. The number of methoxy groups -OCH3 is 1. The third kappa shape index (κ3) is 4.23. The Labute approximate surface area is 177 Å². The summed E-state index contributed by atoms with van der Waals surface area (Å²) in [4.78, 5) is 28.0. The molecule has 2 aromatic rings. The standard InChI is InChI=1S/C22H21F3N2O4/c1-30-16-8-7-15-11-18-20(31-21(29)22(23,24)25)26(13-14-5-3-2-4-6-14)9-10-27(18)19(28)17(15)12-16/h2-8,12,18,20H,9-11,13H2,1H3. The van der Waals surface area contributed by atoms with Crippen molar-refractivity contribution < 1.29 is 32.2 Å². The summed E-state index contributed by atoms with van der Waals surface area (Å²) < 4.78 is 49.1. The van der Waals surface area contributed by atoms with E-state index in [4.69, 9.17) is 9.47 Å². The van der Waals surface area contributed by atoms with Crippen molar-refractivity contribution in [1.82, 2.24) is 9.80 Å². The van der Waals surface area contributed by atoms with E-state index in [-0.39, 0.29) is 18.9 Å². The highest BCUT2D eigenvalue weighted by Gasteiger charge is 2.49. The molecule has 2 heterocycles. The monoisotopic (exact) mass is 434 g/mol. The minimum absolute atomic E-state index is 0.270. The topological polar surface area (TPSA) is 59.1 Å². The van der Waals surface area contributed by atoms with Crippen molar-refractivity contribution in [2.45, 2.75) is 31.4 Å². The van der Waals surface area contributed by atoms with Crippen LogP contribution in [0.25, 0.3) is 0 Å². The Bertz CT molecular complexity index is 980. The molecule has 31 heavy (non-hydrogen) atoms. The van der Waals surface area contributed by atoms with Gasteiger partial charge in [-0.3, -0.25) is 9.69 Å². The highest BCUT2D eigenvalue weighted by molar-refractivity contribution is 5.97. The molecule has 6 nitrogen and oxygen atoms in total. The van der Waals surface area contributed by atoms with Crippen LogP contribution >= 0.6 is 0 Å². The lowest BCUT2D eigenvalue weighted by molar-refractivity contribution is -0.221. The Morgan fingerprint density at radius 2 is 1.87 bits per heavy atom. The van der Waals surface area contributed by atoms with Crippen LogP contribution in [0.15, 0.2) is 48.5 Å². The van der Waals surface area contributed by atoms with E-state index in [0.29, 0.717) is 30.0 Å². The van der Waals surface area contributed by atoms with E-state index < -0.39 is 24.4 Å². The Morgan fingerprint density at radius 1 is 1.13 bits per heavy atom. The molecule has 9 heteroatoms. The van der Waals surface area contributed by atoms with Gasteiger partial charge in [0.15, 0.2) is 6.23 Å². The van der Waals surface area contributed by atoms with E-state index >= 15 is 0 Å². The van der Waals surface area contributed by atoms with Crippen molar-refractivity contribution in [2.24, 2.45) is 0 Å². The zero-order valence-electron chi connectivity index (χ0n) is 16.8. The van der Waals surface area contributed by atoms with Gasteiger partial charge in [0.1, 0.15) is 5.75 Å². The first-order valence-electron chi connectivity index (χ1n) is 9.81. The number of alkyl halides is 3. The van der Waals surface area contributed by atoms with Gasteiger partial charge in [0.25, 0.3) is 5.91 Å². The second-order valence-electron chi connectivity index (χ2n) is 7.54. The Hall–Kier alpha value is -3.07. The van der Waals surface area contributed by atoms with Gasteiger partial charge in [-0.2, -0.15) is 13.2 Å². The summed E-state index contributed by atoms with van der Waals surface area (Å²) in [5, 5.41) is 0. The number of nitrogens with zero attached hydrogens (tertiary/aromatic N) is 2. The number of rotatable bonds is 4. The molecule has 2 unspecified atom stereocenters. The largest absolute Gasteiger partial charge is 0.497 e. The van der Waals surface area contributed by atoms with Gasteiger partial charge in [-0.05, 0) is 29.7 Å². The second-order valence-corrected chi connectivity index (χ2v) is 7.54. The van der Waals surface area contributed by atoms with Crippen LogP contribution in [0.1, 0.15) is 21.5 Å². The molecule has 0 aromatic heterocycles. The Morgan fingerprint density at radius 3 is 2.55 bits per heavy atom. The number of esters is 1. The van der Waals surface area contributed by atoms with Crippen molar-refractivity contribution in [3.05, 3.63) is 65.2 Å². The Balaban J connectivity index is 1.67. The lowest BCUT2D eigenvalue weighted by Crippen LogP contribution is -2.64. The maximum atomic E-state index is 13.1. The van der Waals surface area contributed by atoms with Crippen molar-refractivity contribution in [3.63, 3.8) is 0 Å². The fourth-order valence-corrected chi connectivity index (χ4v) is 4.15. The minimum atomic E-state index is -5.12. The van der Waals surface area contributed by atoms with Crippen LogP contribution in [-0.2, 0) is 22.5 Å². The Kier molecular flexibility index (Phi) is 5.62. The summed E-state index contributed by atoms with van der Waals surface area (Å²) in [6.45, 7) is 0.879. The molecule has 1 amide bonds. The summed E-state index contributed by atoms with van der Waals surface area (Å²) in [6, 6.07) is 13.5.